The summed E-state index contributed by atoms with van der Waals surface area (Å²) in [6.07, 6.45) is -1.19. The Balaban J connectivity index is 5.14. The van der Waals surface area contributed by atoms with E-state index in [9.17, 15) is 26.4 Å². The number of esters is 2. The Labute approximate surface area is 128 Å². The maximum Gasteiger partial charge on any atom is 0.303 e. The molecule has 0 aromatic heterocycles. The van der Waals surface area contributed by atoms with E-state index in [0.717, 1.165) is 26.4 Å². The molecule has 0 spiro atoms. The van der Waals surface area contributed by atoms with Gasteiger partial charge in [0.05, 0.1) is 12.5 Å². The van der Waals surface area contributed by atoms with E-state index in [2.05, 4.69) is 8.37 Å². The third-order valence-corrected chi connectivity index (χ3v) is 3.07. The Morgan fingerprint density at radius 3 is 1.23 bits per heavy atom. The number of carbonyl (C=O) groups excluding carboxylic acids is 2. The lowest BCUT2D eigenvalue weighted by molar-refractivity contribution is -0.169. The molecule has 22 heavy (non-hydrogen) atoms. The van der Waals surface area contributed by atoms with Crippen molar-refractivity contribution in [1.82, 2.24) is 0 Å². The fourth-order valence-corrected chi connectivity index (χ4v) is 2.00. The van der Waals surface area contributed by atoms with Crippen molar-refractivity contribution in [3.63, 3.8) is 0 Å². The molecule has 2 unspecified atom stereocenters. The summed E-state index contributed by atoms with van der Waals surface area (Å²) in [7, 11) is -7.70. The molecule has 12 heteroatoms. The van der Waals surface area contributed by atoms with E-state index < -0.39 is 57.6 Å². The second kappa shape index (κ2) is 8.41. The van der Waals surface area contributed by atoms with Crippen molar-refractivity contribution in [3.8, 4) is 0 Å². The molecule has 0 N–H and O–H groups in total. The Hall–Kier alpha value is -1.24. The molecule has 0 aliphatic heterocycles. The first kappa shape index (κ1) is 20.8. The summed E-state index contributed by atoms with van der Waals surface area (Å²) >= 11 is 0. The van der Waals surface area contributed by atoms with Crippen LogP contribution in [-0.2, 0) is 47.7 Å². The second-order valence-electron chi connectivity index (χ2n) is 4.27. The van der Waals surface area contributed by atoms with Crippen LogP contribution in [0, 0.1) is 0 Å². The van der Waals surface area contributed by atoms with Gasteiger partial charge >= 0.3 is 11.9 Å². The Morgan fingerprint density at radius 2 is 1.05 bits per heavy atom. The van der Waals surface area contributed by atoms with Gasteiger partial charge in [0.1, 0.15) is 13.2 Å². The van der Waals surface area contributed by atoms with E-state index in [0.29, 0.717) is 0 Å². The molecule has 0 saturated carbocycles. The van der Waals surface area contributed by atoms with Crippen LogP contribution >= 0.6 is 0 Å². The number of ether oxygens (including phenoxy) is 2. The van der Waals surface area contributed by atoms with Crippen LogP contribution < -0.4 is 0 Å². The fraction of sp³-hybridized carbons (Fsp3) is 0.800. The summed E-state index contributed by atoms with van der Waals surface area (Å²) in [5, 5.41) is 0. The average Bonchev–Trinajstić information content (AvgIpc) is 2.27. The summed E-state index contributed by atoms with van der Waals surface area (Å²) in [4.78, 5) is 22.1. The van der Waals surface area contributed by atoms with Crippen molar-refractivity contribution in [2.75, 3.05) is 25.7 Å². The van der Waals surface area contributed by atoms with E-state index in [1.54, 1.807) is 0 Å². The molecule has 0 radical (unpaired) electrons. The fourth-order valence-electron chi connectivity index (χ4n) is 1.24. The van der Waals surface area contributed by atoms with Gasteiger partial charge in [0.15, 0.2) is 12.2 Å². The van der Waals surface area contributed by atoms with Crippen molar-refractivity contribution in [1.29, 1.82) is 0 Å². The number of hydrogen-bond acceptors (Lipinski definition) is 10. The van der Waals surface area contributed by atoms with Crippen molar-refractivity contribution >= 4 is 32.2 Å². The van der Waals surface area contributed by atoms with Gasteiger partial charge < -0.3 is 9.47 Å². The van der Waals surface area contributed by atoms with Gasteiger partial charge in [0.2, 0.25) is 0 Å². The largest absolute Gasteiger partial charge is 0.456 e. The van der Waals surface area contributed by atoms with Crippen molar-refractivity contribution < 1.29 is 44.3 Å². The number of carbonyl (C=O) groups is 2. The molecule has 130 valence electrons. The van der Waals surface area contributed by atoms with Crippen LogP contribution in [0.25, 0.3) is 0 Å². The zero-order valence-electron chi connectivity index (χ0n) is 12.5. The minimum absolute atomic E-state index is 0.663. The maximum absolute atomic E-state index is 11.0. The molecule has 0 aliphatic carbocycles. The van der Waals surface area contributed by atoms with Gasteiger partial charge in [0.25, 0.3) is 20.2 Å². The minimum Gasteiger partial charge on any atom is -0.456 e. The second-order valence-corrected chi connectivity index (χ2v) is 7.56. The van der Waals surface area contributed by atoms with E-state index >= 15 is 0 Å². The number of hydrogen-bond donors (Lipinski definition) is 0. The highest BCUT2D eigenvalue weighted by Gasteiger charge is 2.30. The summed E-state index contributed by atoms with van der Waals surface area (Å²) in [5.74, 6) is -1.61. The van der Waals surface area contributed by atoms with E-state index in [4.69, 9.17) is 9.47 Å². The molecule has 0 aromatic carbocycles. The smallest absolute Gasteiger partial charge is 0.303 e. The van der Waals surface area contributed by atoms with E-state index in [1.165, 1.54) is 0 Å². The first-order chi connectivity index (χ1) is 9.80. The standard InChI is InChI=1S/C10H18O10S2/c1-7(11)19-9(5-17-21(3,13)14)10(20-8(2)12)6-18-22(4,15)16/h9-10H,5-6H2,1-4H3. The maximum atomic E-state index is 11.0. The van der Waals surface area contributed by atoms with E-state index in [1.807, 2.05) is 0 Å². The van der Waals surface area contributed by atoms with Crippen LogP contribution in [0.1, 0.15) is 13.8 Å². The lowest BCUT2D eigenvalue weighted by Gasteiger charge is -2.25. The lowest BCUT2D eigenvalue weighted by Crippen LogP contribution is -2.41. The van der Waals surface area contributed by atoms with Crippen LogP contribution in [-0.4, -0.2) is 66.7 Å². The van der Waals surface area contributed by atoms with Crippen LogP contribution in [0.2, 0.25) is 0 Å². The van der Waals surface area contributed by atoms with Gasteiger partial charge in [-0.1, -0.05) is 0 Å². The molecular formula is C10H18O10S2. The lowest BCUT2D eigenvalue weighted by atomic mass is 10.2. The predicted octanol–water partition coefficient (Wildman–Crippen LogP) is -1.20. The van der Waals surface area contributed by atoms with Gasteiger partial charge in [-0.3, -0.25) is 18.0 Å². The molecule has 0 aromatic rings. The van der Waals surface area contributed by atoms with Crippen molar-refractivity contribution in [2.24, 2.45) is 0 Å². The molecule has 2 atom stereocenters. The zero-order chi connectivity index (χ0) is 17.6. The quantitative estimate of drug-likeness (QED) is 0.363. The van der Waals surface area contributed by atoms with Crippen LogP contribution in [0.15, 0.2) is 0 Å². The summed E-state index contributed by atoms with van der Waals surface area (Å²) < 4.78 is 62.5. The normalized spacial score (nSPS) is 14.9. The first-order valence-corrected chi connectivity index (χ1v) is 9.46. The van der Waals surface area contributed by atoms with Gasteiger partial charge in [-0.2, -0.15) is 16.8 Å². The molecule has 0 fully saturated rings. The molecular weight excluding hydrogens is 344 g/mol. The third-order valence-electron chi connectivity index (χ3n) is 1.94. The van der Waals surface area contributed by atoms with Crippen LogP contribution in [0.5, 0.6) is 0 Å². The Morgan fingerprint density at radius 1 is 0.773 bits per heavy atom. The van der Waals surface area contributed by atoms with E-state index in [-0.39, 0.29) is 0 Å². The molecule has 0 aliphatic rings. The topological polar surface area (TPSA) is 139 Å². The van der Waals surface area contributed by atoms with Gasteiger partial charge in [0, 0.05) is 13.8 Å². The molecule has 0 bridgehead atoms. The average molecular weight is 362 g/mol. The van der Waals surface area contributed by atoms with Crippen LogP contribution in [0.3, 0.4) is 0 Å². The molecule has 0 saturated heterocycles. The third kappa shape index (κ3) is 11.4. The zero-order valence-corrected chi connectivity index (χ0v) is 14.1. The highest BCUT2D eigenvalue weighted by Crippen LogP contribution is 2.10. The predicted molar refractivity (Wildman–Crippen MR) is 72.7 cm³/mol. The summed E-state index contributed by atoms with van der Waals surface area (Å²) in [6, 6.07) is 0. The van der Waals surface area contributed by atoms with Crippen LogP contribution in [0.4, 0.5) is 0 Å². The molecule has 0 amide bonds. The summed E-state index contributed by atoms with van der Waals surface area (Å²) in [6.45, 7) is 0.748. The molecule has 0 rings (SSSR count). The molecule has 10 nitrogen and oxygen atoms in total. The first-order valence-electron chi connectivity index (χ1n) is 5.83. The van der Waals surface area contributed by atoms with Crippen molar-refractivity contribution in [2.45, 2.75) is 26.1 Å². The highest BCUT2D eigenvalue weighted by atomic mass is 32.2. The highest BCUT2D eigenvalue weighted by molar-refractivity contribution is 7.86. The number of rotatable bonds is 9. The van der Waals surface area contributed by atoms with Gasteiger partial charge in [-0.15, -0.1) is 0 Å². The Bertz CT molecular complexity index is 537. The SMILES string of the molecule is CC(=O)OC(COS(C)(=O)=O)C(COS(C)(=O)=O)OC(C)=O. The minimum atomic E-state index is -3.85. The van der Waals surface area contributed by atoms with Gasteiger partial charge in [-0.05, 0) is 0 Å². The Kier molecular flexibility index (Phi) is 7.93. The summed E-state index contributed by atoms with van der Waals surface area (Å²) in [5.41, 5.74) is 0. The van der Waals surface area contributed by atoms with Gasteiger partial charge in [-0.25, -0.2) is 0 Å². The van der Waals surface area contributed by atoms with Crippen molar-refractivity contribution in [3.05, 3.63) is 0 Å². The molecule has 0 heterocycles. The monoisotopic (exact) mass is 362 g/mol.